The van der Waals surface area contributed by atoms with Crippen LogP contribution >= 0.6 is 11.3 Å². The zero-order valence-electron chi connectivity index (χ0n) is 17.6. The average molecular weight is 462 g/mol. The van der Waals surface area contributed by atoms with E-state index in [-0.39, 0.29) is 23.8 Å². The first-order chi connectivity index (χ1) is 15.2. The van der Waals surface area contributed by atoms with Crippen molar-refractivity contribution < 1.29 is 28.9 Å². The Bertz CT molecular complexity index is 1020. The standard InChI is InChI=1S/C20H22N4O7S/c1-4-30-20(27)15-9-16(12(2)3)32-19(15)23-18(26)11-31-21-10-17(25)22-13-5-7-14(8-6-13)24(28)29/h5-10,12H,4,11H2,1-3H3,(H,22,25)(H,23,26)/b21-10-. The van der Waals surface area contributed by atoms with E-state index in [1.165, 1.54) is 35.6 Å². The molecule has 0 spiro atoms. The molecule has 0 fully saturated rings. The third-order valence-corrected chi connectivity index (χ3v) is 5.21. The number of nitro groups is 1. The SMILES string of the molecule is CCOC(=O)c1cc(C(C)C)sc1NC(=O)CO/N=C\C(=O)Nc1ccc([N+](=O)[O-])cc1. The molecule has 0 bridgehead atoms. The number of carbonyl (C=O) groups is 3. The van der Waals surface area contributed by atoms with Gasteiger partial charge in [-0.2, -0.15) is 0 Å². The lowest BCUT2D eigenvalue weighted by Gasteiger charge is -2.05. The number of esters is 1. The first kappa shape index (κ1) is 24.5. The molecule has 0 aliphatic carbocycles. The molecule has 0 aliphatic heterocycles. The van der Waals surface area contributed by atoms with Crippen molar-refractivity contribution in [3.05, 3.63) is 50.9 Å². The molecule has 0 atom stereocenters. The number of oxime groups is 1. The van der Waals surface area contributed by atoms with Gasteiger partial charge in [0, 0.05) is 22.7 Å². The number of nitro benzene ring substituents is 1. The van der Waals surface area contributed by atoms with Crippen molar-refractivity contribution in [2.75, 3.05) is 23.8 Å². The topological polar surface area (TPSA) is 149 Å². The summed E-state index contributed by atoms with van der Waals surface area (Å²) in [6, 6.07) is 6.91. The summed E-state index contributed by atoms with van der Waals surface area (Å²) in [6.45, 7) is 5.34. The molecule has 2 aromatic rings. The Labute approximate surface area is 187 Å². The summed E-state index contributed by atoms with van der Waals surface area (Å²) < 4.78 is 5.02. The number of benzene rings is 1. The highest BCUT2D eigenvalue weighted by atomic mass is 32.1. The minimum atomic E-state index is -0.649. The predicted molar refractivity (Wildman–Crippen MR) is 119 cm³/mol. The summed E-state index contributed by atoms with van der Waals surface area (Å²) in [7, 11) is 0. The summed E-state index contributed by atoms with van der Waals surface area (Å²) in [5, 5.41) is 19.4. The quantitative estimate of drug-likeness (QED) is 0.237. The van der Waals surface area contributed by atoms with Crippen LogP contribution in [0.5, 0.6) is 0 Å². The first-order valence-electron chi connectivity index (χ1n) is 9.52. The molecule has 2 amide bonds. The van der Waals surface area contributed by atoms with E-state index >= 15 is 0 Å². The third-order valence-electron chi connectivity index (χ3n) is 3.85. The lowest BCUT2D eigenvalue weighted by Crippen LogP contribution is -2.19. The maximum Gasteiger partial charge on any atom is 0.341 e. The number of non-ortho nitro benzene ring substituents is 1. The monoisotopic (exact) mass is 462 g/mol. The lowest BCUT2D eigenvalue weighted by molar-refractivity contribution is -0.384. The number of anilines is 2. The van der Waals surface area contributed by atoms with Crippen LogP contribution < -0.4 is 10.6 Å². The van der Waals surface area contributed by atoms with E-state index < -0.39 is 29.3 Å². The van der Waals surface area contributed by atoms with Crippen LogP contribution in [0.2, 0.25) is 0 Å². The van der Waals surface area contributed by atoms with Gasteiger partial charge in [0.15, 0.2) is 6.61 Å². The summed E-state index contributed by atoms with van der Waals surface area (Å²) in [5.74, 6) is -1.59. The zero-order valence-corrected chi connectivity index (χ0v) is 18.4. The van der Waals surface area contributed by atoms with Crippen LogP contribution in [-0.2, 0) is 19.2 Å². The van der Waals surface area contributed by atoms with Gasteiger partial charge in [-0.3, -0.25) is 19.7 Å². The molecule has 0 unspecified atom stereocenters. The molecule has 0 saturated heterocycles. The minimum absolute atomic E-state index is 0.108. The lowest BCUT2D eigenvalue weighted by atomic mass is 10.1. The first-order valence-corrected chi connectivity index (χ1v) is 10.3. The number of amides is 2. The molecule has 1 heterocycles. The Kier molecular flexibility index (Phi) is 8.83. The van der Waals surface area contributed by atoms with Crippen molar-refractivity contribution in [3.63, 3.8) is 0 Å². The van der Waals surface area contributed by atoms with Crippen molar-refractivity contribution in [2.24, 2.45) is 5.16 Å². The van der Waals surface area contributed by atoms with E-state index in [0.29, 0.717) is 10.7 Å². The van der Waals surface area contributed by atoms with Crippen LogP contribution in [0, 0.1) is 10.1 Å². The zero-order chi connectivity index (χ0) is 23.7. The second kappa shape index (κ2) is 11.6. The van der Waals surface area contributed by atoms with Gasteiger partial charge in [0.25, 0.3) is 17.5 Å². The van der Waals surface area contributed by atoms with Crippen LogP contribution in [0.3, 0.4) is 0 Å². The van der Waals surface area contributed by atoms with Crippen LogP contribution in [-0.4, -0.2) is 42.1 Å². The molecule has 2 rings (SSSR count). The van der Waals surface area contributed by atoms with Gasteiger partial charge >= 0.3 is 5.97 Å². The molecule has 0 radical (unpaired) electrons. The molecule has 12 heteroatoms. The van der Waals surface area contributed by atoms with Crippen molar-refractivity contribution in [1.29, 1.82) is 0 Å². The van der Waals surface area contributed by atoms with Crippen molar-refractivity contribution in [3.8, 4) is 0 Å². The predicted octanol–water partition coefficient (Wildman–Crippen LogP) is 3.54. The maximum absolute atomic E-state index is 12.1. The van der Waals surface area contributed by atoms with Gasteiger partial charge in [0.1, 0.15) is 11.2 Å². The molecular formula is C20H22N4O7S. The van der Waals surface area contributed by atoms with Gasteiger partial charge < -0.3 is 20.2 Å². The fourth-order valence-electron chi connectivity index (χ4n) is 2.33. The van der Waals surface area contributed by atoms with Gasteiger partial charge in [0.05, 0.1) is 17.1 Å². The van der Waals surface area contributed by atoms with Gasteiger partial charge in [-0.05, 0) is 31.0 Å². The van der Waals surface area contributed by atoms with E-state index in [0.717, 1.165) is 11.1 Å². The smallest absolute Gasteiger partial charge is 0.341 e. The van der Waals surface area contributed by atoms with Gasteiger partial charge in [-0.15, -0.1) is 11.3 Å². The number of nitrogens with zero attached hydrogens (tertiary/aromatic N) is 2. The number of hydrogen-bond acceptors (Lipinski definition) is 9. The van der Waals surface area contributed by atoms with Crippen LogP contribution in [0.15, 0.2) is 35.5 Å². The summed E-state index contributed by atoms with van der Waals surface area (Å²) in [4.78, 5) is 51.8. The van der Waals surface area contributed by atoms with E-state index in [9.17, 15) is 24.5 Å². The Balaban J connectivity index is 1.87. The Morgan fingerprint density at radius 1 is 1.22 bits per heavy atom. The second-order valence-corrected chi connectivity index (χ2v) is 7.70. The average Bonchev–Trinajstić information content (AvgIpc) is 3.16. The second-order valence-electron chi connectivity index (χ2n) is 6.62. The van der Waals surface area contributed by atoms with E-state index in [4.69, 9.17) is 9.57 Å². The Morgan fingerprint density at radius 2 is 1.91 bits per heavy atom. The Morgan fingerprint density at radius 3 is 2.50 bits per heavy atom. The van der Waals surface area contributed by atoms with Crippen LogP contribution in [0.4, 0.5) is 16.4 Å². The normalized spacial score (nSPS) is 10.8. The molecular weight excluding hydrogens is 440 g/mol. The molecule has 0 saturated carbocycles. The van der Waals surface area contributed by atoms with Crippen molar-refractivity contribution >= 4 is 51.7 Å². The number of thiophene rings is 1. The number of ether oxygens (including phenoxy) is 1. The molecule has 1 aromatic carbocycles. The van der Waals surface area contributed by atoms with Crippen molar-refractivity contribution in [2.45, 2.75) is 26.7 Å². The number of rotatable bonds is 10. The largest absolute Gasteiger partial charge is 0.462 e. The fourth-order valence-corrected chi connectivity index (χ4v) is 3.40. The van der Waals surface area contributed by atoms with E-state index in [2.05, 4.69) is 15.8 Å². The summed E-state index contributed by atoms with van der Waals surface area (Å²) >= 11 is 1.27. The summed E-state index contributed by atoms with van der Waals surface area (Å²) in [5.41, 5.74) is 0.484. The van der Waals surface area contributed by atoms with Crippen LogP contribution in [0.1, 0.15) is 41.9 Å². The van der Waals surface area contributed by atoms with Gasteiger partial charge in [-0.1, -0.05) is 19.0 Å². The highest BCUT2D eigenvalue weighted by molar-refractivity contribution is 7.16. The maximum atomic E-state index is 12.1. The molecule has 11 nitrogen and oxygen atoms in total. The fraction of sp³-hybridized carbons (Fsp3) is 0.300. The molecule has 170 valence electrons. The highest BCUT2D eigenvalue weighted by Crippen LogP contribution is 2.33. The minimum Gasteiger partial charge on any atom is -0.462 e. The van der Waals surface area contributed by atoms with Crippen molar-refractivity contribution in [1.82, 2.24) is 0 Å². The number of nitrogens with one attached hydrogen (secondary N) is 2. The number of hydrogen-bond donors (Lipinski definition) is 2. The van der Waals surface area contributed by atoms with E-state index in [1.54, 1.807) is 13.0 Å². The summed E-state index contributed by atoms with van der Waals surface area (Å²) in [6.07, 6.45) is 0.820. The number of carbonyl (C=O) groups excluding carboxylic acids is 3. The van der Waals surface area contributed by atoms with Crippen LogP contribution in [0.25, 0.3) is 0 Å². The van der Waals surface area contributed by atoms with Gasteiger partial charge in [0.2, 0.25) is 0 Å². The molecule has 1 aromatic heterocycles. The van der Waals surface area contributed by atoms with Gasteiger partial charge in [-0.25, -0.2) is 4.79 Å². The molecule has 0 aliphatic rings. The molecule has 2 N–H and O–H groups in total. The Hall–Kier alpha value is -3.80. The highest BCUT2D eigenvalue weighted by Gasteiger charge is 2.20. The third kappa shape index (κ3) is 7.16. The molecule has 32 heavy (non-hydrogen) atoms. The van der Waals surface area contributed by atoms with E-state index in [1.807, 2.05) is 13.8 Å².